The van der Waals surface area contributed by atoms with E-state index >= 15 is 0 Å². The van der Waals surface area contributed by atoms with Gasteiger partial charge in [0, 0.05) is 24.9 Å². The molecule has 1 saturated carbocycles. The Morgan fingerprint density at radius 1 is 1.16 bits per heavy atom. The third-order valence-corrected chi connectivity index (χ3v) is 6.68. The fourth-order valence-corrected chi connectivity index (χ4v) is 4.80. The predicted octanol–water partition coefficient (Wildman–Crippen LogP) is 4.77. The monoisotopic (exact) mass is 396 g/mol. The molecule has 1 fully saturated rings. The fraction of sp³-hybridized carbons (Fsp3) is 0.556. The highest BCUT2D eigenvalue weighted by Crippen LogP contribution is 2.38. The molecule has 7 heteroatoms. The van der Waals surface area contributed by atoms with Gasteiger partial charge in [-0.25, -0.2) is 0 Å². The summed E-state index contributed by atoms with van der Waals surface area (Å²) in [5, 5.41) is 11.0. The van der Waals surface area contributed by atoms with E-state index in [0.29, 0.717) is 16.1 Å². The van der Waals surface area contributed by atoms with Crippen LogP contribution in [-0.4, -0.2) is 38.5 Å². The minimum Gasteiger partial charge on any atom is -0.303 e. The molecule has 0 unspecified atom stereocenters. The van der Waals surface area contributed by atoms with Crippen molar-refractivity contribution in [1.82, 2.24) is 19.7 Å². The summed E-state index contributed by atoms with van der Waals surface area (Å²) < 4.78 is 2.31. The van der Waals surface area contributed by atoms with Crippen molar-refractivity contribution in [2.75, 3.05) is 18.8 Å². The minimum absolute atomic E-state index is 0.646. The number of thioether (sulfide) groups is 1. The van der Waals surface area contributed by atoms with E-state index in [2.05, 4.69) is 26.6 Å². The highest BCUT2D eigenvalue weighted by molar-refractivity contribution is 7.99. The molecule has 2 aliphatic rings. The van der Waals surface area contributed by atoms with E-state index in [9.17, 15) is 0 Å². The second-order valence-corrected chi connectivity index (χ2v) is 8.77. The zero-order chi connectivity index (χ0) is 17.4. The number of hydrogen-bond acceptors (Lipinski definition) is 4. The maximum absolute atomic E-state index is 6.17. The molecule has 25 heavy (non-hydrogen) atoms. The van der Waals surface area contributed by atoms with Crippen molar-refractivity contribution in [3.63, 3.8) is 0 Å². The Labute approximate surface area is 162 Å². The molecule has 1 aliphatic carbocycles. The van der Waals surface area contributed by atoms with Crippen LogP contribution in [0.2, 0.25) is 10.0 Å². The van der Waals surface area contributed by atoms with Gasteiger partial charge < -0.3 is 4.57 Å². The summed E-state index contributed by atoms with van der Waals surface area (Å²) in [6, 6.07) is 4.70. The summed E-state index contributed by atoms with van der Waals surface area (Å²) in [6.07, 6.45) is 4.74. The van der Waals surface area contributed by atoms with Crippen molar-refractivity contribution in [2.45, 2.75) is 50.4 Å². The maximum Gasteiger partial charge on any atom is 0.191 e. The van der Waals surface area contributed by atoms with Gasteiger partial charge in [-0.1, -0.05) is 35.0 Å². The molecule has 0 bridgehead atoms. The van der Waals surface area contributed by atoms with Gasteiger partial charge in [-0.05, 0) is 62.4 Å². The topological polar surface area (TPSA) is 34.0 Å². The molecule has 2 heterocycles. The first kappa shape index (κ1) is 17.7. The standard InChI is InChI=1S/C18H22Cl2N4S/c1-12-21-22-18(24(12)15-3-4-15)25-8-2-6-23-7-5-13-9-16(19)17(20)10-14(13)11-23/h9-10,15H,2-8,11H2,1H3. The van der Waals surface area contributed by atoms with Crippen LogP contribution in [0.1, 0.15) is 42.3 Å². The average Bonchev–Trinajstić information content (AvgIpc) is 3.36. The number of halogens is 2. The largest absolute Gasteiger partial charge is 0.303 e. The van der Waals surface area contributed by atoms with Gasteiger partial charge in [0.15, 0.2) is 5.16 Å². The fourth-order valence-electron chi connectivity index (χ4n) is 3.45. The maximum atomic E-state index is 6.17. The van der Waals surface area contributed by atoms with Gasteiger partial charge >= 0.3 is 0 Å². The number of hydrogen-bond donors (Lipinski definition) is 0. The predicted molar refractivity (Wildman–Crippen MR) is 104 cm³/mol. The molecule has 0 amide bonds. The quantitative estimate of drug-likeness (QED) is 0.520. The first-order valence-electron chi connectivity index (χ1n) is 8.85. The Kier molecular flexibility index (Phi) is 5.28. The zero-order valence-electron chi connectivity index (χ0n) is 14.3. The SMILES string of the molecule is Cc1nnc(SCCCN2CCc3cc(Cl)c(Cl)cc3C2)n1C1CC1. The molecule has 0 N–H and O–H groups in total. The molecule has 4 rings (SSSR count). The lowest BCUT2D eigenvalue weighted by Gasteiger charge is -2.29. The van der Waals surface area contributed by atoms with E-state index in [4.69, 9.17) is 23.2 Å². The van der Waals surface area contributed by atoms with E-state index in [-0.39, 0.29) is 0 Å². The third kappa shape index (κ3) is 4.00. The van der Waals surface area contributed by atoms with Crippen molar-refractivity contribution < 1.29 is 0 Å². The Bertz CT molecular complexity index is 773. The first-order chi connectivity index (χ1) is 12.1. The Morgan fingerprint density at radius 3 is 2.68 bits per heavy atom. The number of fused-ring (bicyclic) bond motifs is 1. The second kappa shape index (κ2) is 7.47. The van der Waals surface area contributed by atoms with Crippen LogP contribution in [0.25, 0.3) is 0 Å². The van der Waals surface area contributed by atoms with Gasteiger partial charge in [0.2, 0.25) is 0 Å². The lowest BCUT2D eigenvalue weighted by molar-refractivity contribution is 0.255. The van der Waals surface area contributed by atoms with Gasteiger partial charge in [0.05, 0.1) is 10.0 Å². The summed E-state index contributed by atoms with van der Waals surface area (Å²) >= 11 is 14.1. The molecule has 0 radical (unpaired) electrons. The summed E-state index contributed by atoms with van der Waals surface area (Å²) in [4.78, 5) is 2.50. The average molecular weight is 397 g/mol. The molecular weight excluding hydrogens is 375 g/mol. The Morgan fingerprint density at radius 2 is 1.92 bits per heavy atom. The molecule has 1 aliphatic heterocycles. The molecule has 0 spiro atoms. The Balaban J connectivity index is 1.28. The van der Waals surface area contributed by atoms with Crippen molar-refractivity contribution in [2.24, 2.45) is 0 Å². The molecule has 134 valence electrons. The van der Waals surface area contributed by atoms with Gasteiger partial charge in [0.25, 0.3) is 0 Å². The van der Waals surface area contributed by atoms with Gasteiger partial charge in [0.1, 0.15) is 5.82 Å². The summed E-state index contributed by atoms with van der Waals surface area (Å²) in [5.74, 6) is 2.13. The molecule has 0 saturated heterocycles. The minimum atomic E-state index is 0.646. The highest BCUT2D eigenvalue weighted by atomic mass is 35.5. The van der Waals surface area contributed by atoms with Crippen LogP contribution in [0.5, 0.6) is 0 Å². The second-order valence-electron chi connectivity index (χ2n) is 6.89. The molecule has 4 nitrogen and oxygen atoms in total. The van der Waals surface area contributed by atoms with Crippen molar-refractivity contribution >= 4 is 35.0 Å². The first-order valence-corrected chi connectivity index (χ1v) is 10.6. The van der Waals surface area contributed by atoms with Crippen LogP contribution >= 0.6 is 35.0 Å². The lowest BCUT2D eigenvalue weighted by atomic mass is 10.00. The van der Waals surface area contributed by atoms with Crippen molar-refractivity contribution in [1.29, 1.82) is 0 Å². The number of aromatic nitrogens is 3. The van der Waals surface area contributed by atoms with E-state index < -0.39 is 0 Å². The van der Waals surface area contributed by atoms with Gasteiger partial charge in [-0.3, -0.25) is 4.90 Å². The third-order valence-electron chi connectivity index (χ3n) is 4.93. The highest BCUT2D eigenvalue weighted by Gasteiger charge is 2.28. The molecule has 1 aromatic carbocycles. The van der Waals surface area contributed by atoms with Crippen LogP contribution in [0.4, 0.5) is 0 Å². The summed E-state index contributed by atoms with van der Waals surface area (Å²) in [6.45, 7) is 5.21. The van der Waals surface area contributed by atoms with Gasteiger partial charge in [-0.15, -0.1) is 10.2 Å². The smallest absolute Gasteiger partial charge is 0.191 e. The van der Waals surface area contributed by atoms with Crippen LogP contribution in [-0.2, 0) is 13.0 Å². The van der Waals surface area contributed by atoms with Crippen LogP contribution in [0.15, 0.2) is 17.3 Å². The number of aryl methyl sites for hydroxylation is 1. The molecule has 0 atom stereocenters. The van der Waals surface area contributed by atoms with E-state index in [1.54, 1.807) is 0 Å². The Hall–Kier alpha value is -0.750. The molecule has 2 aromatic rings. The van der Waals surface area contributed by atoms with E-state index in [1.807, 2.05) is 23.9 Å². The van der Waals surface area contributed by atoms with Crippen molar-refractivity contribution in [3.8, 4) is 0 Å². The summed E-state index contributed by atoms with van der Waals surface area (Å²) in [7, 11) is 0. The van der Waals surface area contributed by atoms with Crippen molar-refractivity contribution in [3.05, 3.63) is 39.1 Å². The summed E-state index contributed by atoms with van der Waals surface area (Å²) in [5.41, 5.74) is 2.66. The van der Waals surface area contributed by atoms with Crippen LogP contribution in [0.3, 0.4) is 0 Å². The zero-order valence-corrected chi connectivity index (χ0v) is 16.7. The van der Waals surface area contributed by atoms with E-state index in [1.165, 1.54) is 24.0 Å². The molecular formula is C18H22Cl2N4S. The van der Waals surface area contributed by atoms with Gasteiger partial charge in [-0.2, -0.15) is 0 Å². The number of benzene rings is 1. The molecule has 1 aromatic heterocycles. The number of rotatable bonds is 6. The lowest BCUT2D eigenvalue weighted by Crippen LogP contribution is -2.31. The van der Waals surface area contributed by atoms with E-state index in [0.717, 1.165) is 49.2 Å². The van der Waals surface area contributed by atoms with Crippen LogP contribution in [0, 0.1) is 6.92 Å². The number of nitrogens with zero attached hydrogens (tertiary/aromatic N) is 4. The normalized spacial score (nSPS) is 17.7. The van der Waals surface area contributed by atoms with Crippen LogP contribution < -0.4 is 0 Å².